The van der Waals surface area contributed by atoms with Gasteiger partial charge in [0.05, 0.1) is 19.0 Å². The number of methoxy groups -OCH3 is 2. The van der Waals surface area contributed by atoms with Crippen LogP contribution in [-0.2, 0) is 0 Å². The minimum Gasteiger partial charge on any atom is -0.493 e. The first-order valence-electron chi connectivity index (χ1n) is 5.66. The maximum absolute atomic E-state index is 5.37. The van der Waals surface area contributed by atoms with E-state index in [9.17, 15) is 0 Å². The number of alkyl halides is 1. The number of aryl methyl sites for hydroxylation is 1. The smallest absolute Gasteiger partial charge is 0.161 e. The van der Waals surface area contributed by atoms with Crippen LogP contribution < -0.4 is 9.47 Å². The molecule has 19 heavy (non-hydrogen) atoms. The molecule has 1 heterocycles. The number of rotatable bonds is 4. The summed E-state index contributed by atoms with van der Waals surface area (Å²) in [4.78, 5) is 0.132. The fourth-order valence-corrected chi connectivity index (χ4v) is 4.64. The van der Waals surface area contributed by atoms with E-state index >= 15 is 0 Å². The van der Waals surface area contributed by atoms with E-state index in [0.29, 0.717) is 0 Å². The molecule has 0 aliphatic carbocycles. The van der Waals surface area contributed by atoms with Gasteiger partial charge in [0.15, 0.2) is 11.5 Å². The monoisotopic (exact) mass is 404 g/mol. The molecule has 0 bridgehead atoms. The van der Waals surface area contributed by atoms with Crippen LogP contribution in [0, 0.1) is 6.92 Å². The molecule has 0 radical (unpaired) electrons. The van der Waals surface area contributed by atoms with Crippen LogP contribution in [0.4, 0.5) is 0 Å². The maximum atomic E-state index is 5.37. The molecule has 0 amide bonds. The molecule has 1 unspecified atom stereocenters. The predicted octanol–water partition coefficient (Wildman–Crippen LogP) is 5.32. The molecule has 0 saturated carbocycles. The first-order valence-corrected chi connectivity index (χ1v) is 8.31. The lowest BCUT2D eigenvalue weighted by atomic mass is 10.0. The van der Waals surface area contributed by atoms with Gasteiger partial charge >= 0.3 is 0 Å². The van der Waals surface area contributed by atoms with Crippen molar-refractivity contribution >= 4 is 43.2 Å². The van der Waals surface area contributed by atoms with Crippen molar-refractivity contribution in [2.75, 3.05) is 14.2 Å². The number of ether oxygens (including phenoxy) is 2. The third kappa shape index (κ3) is 2.98. The SMILES string of the molecule is COc1cc(Br)c(C(Br)c2cscc2C)cc1OC. The number of thiophene rings is 1. The third-order valence-corrected chi connectivity index (χ3v) is 5.50. The molecule has 0 aliphatic heterocycles. The average molecular weight is 406 g/mol. The Hall–Kier alpha value is -0.520. The van der Waals surface area contributed by atoms with Crippen molar-refractivity contribution in [2.45, 2.75) is 11.8 Å². The molecule has 2 rings (SSSR count). The van der Waals surface area contributed by atoms with E-state index in [4.69, 9.17) is 9.47 Å². The van der Waals surface area contributed by atoms with Crippen LogP contribution in [-0.4, -0.2) is 14.2 Å². The minimum absolute atomic E-state index is 0.132. The Kier molecular flexibility index (Phi) is 4.92. The van der Waals surface area contributed by atoms with Crippen molar-refractivity contribution in [3.63, 3.8) is 0 Å². The summed E-state index contributed by atoms with van der Waals surface area (Å²) in [6.07, 6.45) is 0. The molecule has 0 N–H and O–H groups in total. The summed E-state index contributed by atoms with van der Waals surface area (Å²) in [5.74, 6) is 1.46. The highest BCUT2D eigenvalue weighted by atomic mass is 79.9. The largest absolute Gasteiger partial charge is 0.493 e. The number of hydrogen-bond donors (Lipinski definition) is 0. The molecule has 0 spiro atoms. The number of halogens is 2. The molecule has 1 aromatic carbocycles. The third-order valence-electron chi connectivity index (χ3n) is 2.94. The summed E-state index contributed by atoms with van der Waals surface area (Å²) < 4.78 is 11.7. The van der Waals surface area contributed by atoms with Crippen molar-refractivity contribution in [1.29, 1.82) is 0 Å². The Bertz CT molecular complexity index is 581. The van der Waals surface area contributed by atoms with Crippen LogP contribution in [0.15, 0.2) is 27.4 Å². The molecular formula is C14H14Br2O2S. The zero-order chi connectivity index (χ0) is 14.0. The summed E-state index contributed by atoms with van der Waals surface area (Å²) in [5, 5.41) is 4.32. The molecule has 2 nitrogen and oxygen atoms in total. The van der Waals surface area contributed by atoms with Gasteiger partial charge in [-0.25, -0.2) is 0 Å². The Morgan fingerprint density at radius 2 is 1.68 bits per heavy atom. The molecule has 102 valence electrons. The Labute approximate surface area is 134 Å². The fourth-order valence-electron chi connectivity index (χ4n) is 1.86. The lowest BCUT2D eigenvalue weighted by Gasteiger charge is -2.16. The Balaban J connectivity index is 2.48. The maximum Gasteiger partial charge on any atom is 0.161 e. The van der Waals surface area contributed by atoms with Crippen molar-refractivity contribution in [2.24, 2.45) is 0 Å². The van der Waals surface area contributed by atoms with E-state index in [2.05, 4.69) is 49.5 Å². The predicted molar refractivity (Wildman–Crippen MR) is 87.1 cm³/mol. The highest BCUT2D eigenvalue weighted by molar-refractivity contribution is 9.11. The molecule has 5 heteroatoms. The van der Waals surface area contributed by atoms with Gasteiger partial charge in [-0.05, 0) is 46.5 Å². The van der Waals surface area contributed by atoms with Crippen molar-refractivity contribution in [3.05, 3.63) is 44.1 Å². The second-order valence-corrected chi connectivity index (χ2v) is 6.61. The molecule has 1 atom stereocenters. The normalized spacial score (nSPS) is 12.3. The number of hydrogen-bond acceptors (Lipinski definition) is 3. The molecular weight excluding hydrogens is 392 g/mol. The zero-order valence-electron chi connectivity index (χ0n) is 10.9. The van der Waals surface area contributed by atoms with Crippen LogP contribution in [0.3, 0.4) is 0 Å². The van der Waals surface area contributed by atoms with Crippen LogP contribution in [0.1, 0.15) is 21.5 Å². The van der Waals surface area contributed by atoms with E-state index in [1.54, 1.807) is 25.6 Å². The van der Waals surface area contributed by atoms with Gasteiger partial charge in [-0.1, -0.05) is 31.9 Å². The van der Waals surface area contributed by atoms with Crippen LogP contribution >= 0.6 is 43.2 Å². The standard InChI is InChI=1S/C14H14Br2O2S/c1-8-6-19-7-10(8)14(16)9-4-12(17-2)13(18-3)5-11(9)15/h4-7,14H,1-3H3. The van der Waals surface area contributed by atoms with Gasteiger partial charge in [0, 0.05) is 4.47 Å². The number of benzene rings is 1. The summed E-state index contributed by atoms with van der Waals surface area (Å²) in [5.41, 5.74) is 3.69. The van der Waals surface area contributed by atoms with E-state index in [0.717, 1.165) is 21.5 Å². The molecule has 0 fully saturated rings. The van der Waals surface area contributed by atoms with Crippen molar-refractivity contribution < 1.29 is 9.47 Å². The van der Waals surface area contributed by atoms with Crippen molar-refractivity contribution in [1.82, 2.24) is 0 Å². The van der Waals surface area contributed by atoms with Gasteiger partial charge in [0.1, 0.15) is 0 Å². The summed E-state index contributed by atoms with van der Waals surface area (Å²) in [7, 11) is 3.28. The molecule has 1 aromatic heterocycles. The summed E-state index contributed by atoms with van der Waals surface area (Å²) in [6.45, 7) is 2.12. The highest BCUT2D eigenvalue weighted by Gasteiger charge is 2.19. The van der Waals surface area contributed by atoms with Gasteiger partial charge < -0.3 is 9.47 Å². The van der Waals surface area contributed by atoms with Gasteiger partial charge in [0.2, 0.25) is 0 Å². The van der Waals surface area contributed by atoms with Gasteiger partial charge in [-0.15, -0.1) is 0 Å². The van der Waals surface area contributed by atoms with Crippen molar-refractivity contribution in [3.8, 4) is 11.5 Å². The van der Waals surface area contributed by atoms with E-state index < -0.39 is 0 Å². The average Bonchev–Trinajstić information content (AvgIpc) is 2.83. The Morgan fingerprint density at radius 1 is 1.05 bits per heavy atom. The van der Waals surface area contributed by atoms with E-state index in [-0.39, 0.29) is 4.83 Å². The van der Waals surface area contributed by atoms with Gasteiger partial charge in [-0.2, -0.15) is 11.3 Å². The first kappa shape index (κ1) is 14.9. The Morgan fingerprint density at radius 3 is 2.21 bits per heavy atom. The second kappa shape index (κ2) is 6.29. The topological polar surface area (TPSA) is 18.5 Å². The zero-order valence-corrected chi connectivity index (χ0v) is 14.9. The van der Waals surface area contributed by atoms with Gasteiger partial charge in [0.25, 0.3) is 0 Å². The quantitative estimate of drug-likeness (QED) is 0.640. The van der Waals surface area contributed by atoms with Crippen LogP contribution in [0.25, 0.3) is 0 Å². The van der Waals surface area contributed by atoms with E-state index in [1.165, 1.54) is 11.1 Å². The van der Waals surface area contributed by atoms with Crippen LogP contribution in [0.2, 0.25) is 0 Å². The molecule has 0 saturated heterocycles. The highest BCUT2D eigenvalue weighted by Crippen LogP contribution is 2.42. The van der Waals surface area contributed by atoms with Crippen LogP contribution in [0.5, 0.6) is 11.5 Å². The summed E-state index contributed by atoms with van der Waals surface area (Å²) in [6, 6.07) is 3.93. The fraction of sp³-hybridized carbons (Fsp3) is 0.286. The lowest BCUT2D eigenvalue weighted by molar-refractivity contribution is 0.354. The van der Waals surface area contributed by atoms with Gasteiger partial charge in [-0.3, -0.25) is 0 Å². The minimum atomic E-state index is 0.132. The first-order chi connectivity index (χ1) is 9.08. The van der Waals surface area contributed by atoms with E-state index in [1.807, 2.05) is 12.1 Å². The summed E-state index contributed by atoms with van der Waals surface area (Å²) >= 11 is 9.08. The second-order valence-electron chi connectivity index (χ2n) is 4.10. The molecule has 0 aliphatic rings. The molecule has 2 aromatic rings. The lowest BCUT2D eigenvalue weighted by Crippen LogP contribution is -1.98.